The molecule has 31 nitrogen and oxygen atoms in total. The van der Waals surface area contributed by atoms with Crippen LogP contribution in [0.15, 0.2) is 38.0 Å². The molecule has 0 aromatic carbocycles. The highest BCUT2D eigenvalue weighted by atomic mass is 32.9. The van der Waals surface area contributed by atoms with Crippen LogP contribution in [0, 0.1) is 0 Å². The molecule has 9 rings (SSSR count). The van der Waals surface area contributed by atoms with Gasteiger partial charge in [-0.1, -0.05) is 24.5 Å². The number of aliphatic hydroxyl groups excluding tert-OH is 6. The van der Waals surface area contributed by atoms with Gasteiger partial charge in [0.2, 0.25) is 11.4 Å². The van der Waals surface area contributed by atoms with E-state index in [1.807, 2.05) is 0 Å². The average Bonchev–Trinajstić information content (AvgIpc) is 4.19. The third kappa shape index (κ3) is 11.1. The van der Waals surface area contributed by atoms with Gasteiger partial charge in [0.25, 0.3) is 0 Å². The van der Waals surface area contributed by atoms with E-state index >= 15 is 0 Å². The van der Waals surface area contributed by atoms with Gasteiger partial charge in [-0.3, -0.25) is 22.7 Å². The minimum Gasteiger partial charge on any atom is -0.387 e. The second-order valence-corrected chi connectivity index (χ2v) is 28.9. The van der Waals surface area contributed by atoms with E-state index in [2.05, 4.69) is 69.4 Å². The van der Waals surface area contributed by atoms with Crippen LogP contribution in [0.25, 0.3) is 33.5 Å². The summed E-state index contributed by atoms with van der Waals surface area (Å²) in [5, 5.41) is 65.6. The van der Waals surface area contributed by atoms with E-state index in [0.717, 1.165) is 0 Å². The van der Waals surface area contributed by atoms with Crippen LogP contribution in [0.5, 0.6) is 0 Å². The van der Waals surface area contributed by atoms with Gasteiger partial charge in [-0.25, -0.2) is 44.9 Å². The molecule has 71 heavy (non-hydrogen) atoms. The van der Waals surface area contributed by atoms with Crippen molar-refractivity contribution in [3.8, 4) is 0 Å². The maximum atomic E-state index is 11.4. The Labute approximate surface area is 423 Å². The van der Waals surface area contributed by atoms with E-state index in [4.69, 9.17) is 94.0 Å². The van der Waals surface area contributed by atoms with Crippen molar-refractivity contribution in [1.29, 1.82) is 0 Å². The number of anilines is 3. The smallest absolute Gasteiger partial charge is 0.327 e. The van der Waals surface area contributed by atoms with E-state index in [1.54, 1.807) is 0 Å². The second-order valence-electron chi connectivity index (χ2n) is 15.6. The average molecular weight is 1150 g/mol. The summed E-state index contributed by atoms with van der Waals surface area (Å²) in [5.74, 6) is 0.222. The lowest BCUT2D eigenvalue weighted by atomic mass is 10.1. The number of thiol groups is 2. The zero-order valence-electron chi connectivity index (χ0n) is 35.7. The molecule has 3 fully saturated rings. The second kappa shape index (κ2) is 21.0. The number of nitrogen functional groups attached to an aromatic ring is 3. The van der Waals surface area contributed by atoms with Crippen molar-refractivity contribution in [2.75, 3.05) is 43.6 Å². The maximum absolute atomic E-state index is 11.4. The maximum Gasteiger partial charge on any atom is 0.327 e. The van der Waals surface area contributed by atoms with Gasteiger partial charge in [0.15, 0.2) is 59.4 Å². The van der Waals surface area contributed by atoms with Crippen molar-refractivity contribution < 1.29 is 76.9 Å². The standard InChI is InChI=1S/C32H42N15O16P3S5/c33-24-15-27(39-5-36-24)45(8-42-15)30-21(51)18(48)11(59-30)1-55-64(54,67)62-14(63-66(70,71)57-3-13-20(50)23(53)32(61-13)47-10-44-17-26(35)38-7-41-29(17)47)4-58-65(68,69)56-2-12-19(49)22(52)31(60-12)46-9-43-16-25(34)37-6-40-28(16)46/h5-14,18-23,30-32,48-53H,1-4H2,(H,54,67)(H,68,69)(H,70,71)(H2,33,36,39)(H2,34,37,40)(H2,35,38,41)/t11-,12-,13-,14?,18-,19-,20-,21-,22-,23-,30-,31-,32-,64?/m1/s1. The zero-order chi connectivity index (χ0) is 50.7. The fourth-order valence-corrected chi connectivity index (χ4v) is 12.2. The number of hydrogen-bond donors (Lipinski definition) is 12. The summed E-state index contributed by atoms with van der Waals surface area (Å²) in [7, 11) is 0. The molecule has 3 aliphatic heterocycles. The Bertz CT molecular complexity index is 2930. The molecule has 0 saturated carbocycles. The van der Waals surface area contributed by atoms with Crippen molar-refractivity contribution in [3.05, 3.63) is 38.0 Å². The lowest BCUT2D eigenvalue weighted by molar-refractivity contribution is -0.0668. The third-order valence-electron chi connectivity index (χ3n) is 11.1. The molecule has 13 N–H and O–H groups in total. The summed E-state index contributed by atoms with van der Waals surface area (Å²) in [5.41, 5.74) is 11.4. The first-order valence-electron chi connectivity index (χ1n) is 20.4. The molecule has 6 aromatic heterocycles. The number of aliphatic hydroxyl groups is 6. The first-order valence-corrected chi connectivity index (χ1v) is 30.6. The highest BCUT2D eigenvalue weighted by Gasteiger charge is 2.48. The van der Waals surface area contributed by atoms with Gasteiger partial charge in [-0.05, 0) is 35.4 Å². The fourth-order valence-electron chi connectivity index (χ4n) is 7.59. The van der Waals surface area contributed by atoms with Gasteiger partial charge in [-0.2, -0.15) is 0 Å². The van der Waals surface area contributed by atoms with Crippen LogP contribution < -0.4 is 17.2 Å². The third-order valence-corrected chi connectivity index (χ3v) is 17.1. The first kappa shape index (κ1) is 52.9. The van der Waals surface area contributed by atoms with Crippen LogP contribution in [-0.2, 0) is 76.8 Å². The van der Waals surface area contributed by atoms with Crippen LogP contribution in [0.4, 0.5) is 17.5 Å². The number of nitrogens with two attached hydrogens (primary N) is 3. The topological polar surface area (TPSA) is 434 Å². The number of imidazole rings is 3. The van der Waals surface area contributed by atoms with E-state index in [1.165, 1.54) is 51.7 Å². The van der Waals surface area contributed by atoms with Gasteiger partial charge in [-0.15, -0.1) is 0 Å². The Balaban J connectivity index is 0.861. The summed E-state index contributed by atoms with van der Waals surface area (Å²) >= 11 is 25.1. The Kier molecular flexibility index (Phi) is 15.6. The molecular weight excluding hydrogens is 1100 g/mol. The molecule has 0 aliphatic carbocycles. The van der Waals surface area contributed by atoms with Crippen LogP contribution >= 0.6 is 42.6 Å². The number of aromatic nitrogens is 12. The summed E-state index contributed by atoms with van der Waals surface area (Å²) in [6, 6.07) is 0. The molecule has 0 radical (unpaired) electrons. The minimum atomic E-state index is -4.50. The summed E-state index contributed by atoms with van der Waals surface area (Å²) < 4.78 is 56.3. The first-order chi connectivity index (χ1) is 33.6. The molecule has 0 amide bonds. The van der Waals surface area contributed by atoms with Crippen molar-refractivity contribution in [3.63, 3.8) is 0 Å². The Hall–Kier alpha value is -2.94. The van der Waals surface area contributed by atoms with E-state index in [-0.39, 0.29) is 50.9 Å². The zero-order valence-corrected chi connectivity index (χ0v) is 42.6. The molecule has 6 aromatic rings. The van der Waals surface area contributed by atoms with Gasteiger partial charge in [0, 0.05) is 0 Å². The lowest BCUT2D eigenvalue weighted by Gasteiger charge is -2.29. The van der Waals surface area contributed by atoms with Crippen molar-refractivity contribution >= 4 is 129 Å². The molecule has 4 unspecified atom stereocenters. The van der Waals surface area contributed by atoms with Crippen molar-refractivity contribution in [2.24, 2.45) is 0 Å². The molecule has 0 spiro atoms. The molecule has 3 saturated heterocycles. The molecule has 16 atom stereocenters. The molecule has 9 heterocycles. The molecule has 39 heteroatoms. The quantitative estimate of drug-likeness (QED) is 0.0238. The molecular formula is C32H42N15O16P3S5. The van der Waals surface area contributed by atoms with Crippen molar-refractivity contribution in [2.45, 2.75) is 79.9 Å². The summed E-state index contributed by atoms with van der Waals surface area (Å²) in [6.45, 7) is -6.92. The Morgan fingerprint density at radius 1 is 0.521 bits per heavy atom. The Morgan fingerprint density at radius 2 is 0.873 bits per heavy atom. The fraction of sp³-hybridized carbons (Fsp3) is 0.531. The van der Waals surface area contributed by atoms with Crippen LogP contribution in [0.3, 0.4) is 0 Å². The van der Waals surface area contributed by atoms with E-state index in [9.17, 15) is 35.5 Å². The highest BCUT2D eigenvalue weighted by molar-refractivity contribution is 8.60. The van der Waals surface area contributed by atoms with Gasteiger partial charge >= 0.3 is 6.72 Å². The predicted octanol–water partition coefficient (Wildman–Crippen LogP) is -1.94. The Morgan fingerprint density at radius 3 is 1.25 bits per heavy atom. The van der Waals surface area contributed by atoms with E-state index < -0.39 is 124 Å². The van der Waals surface area contributed by atoms with Crippen molar-refractivity contribution in [1.82, 2.24) is 58.6 Å². The van der Waals surface area contributed by atoms with Crippen LogP contribution in [0.1, 0.15) is 18.7 Å². The van der Waals surface area contributed by atoms with Gasteiger partial charge < -0.3 is 85.0 Å². The number of ether oxygens (including phenoxy) is 3. The number of fused-ring (bicyclic) bond motifs is 3. The molecule has 3 aliphatic rings. The van der Waals surface area contributed by atoms with Crippen LogP contribution in [0.2, 0.25) is 0 Å². The number of hydrogen-bond acceptors (Lipinski definition) is 30. The van der Waals surface area contributed by atoms with Gasteiger partial charge in [0.1, 0.15) is 97.1 Å². The predicted molar refractivity (Wildman–Crippen MR) is 260 cm³/mol. The minimum absolute atomic E-state index is 0.0640. The largest absolute Gasteiger partial charge is 0.387 e. The highest BCUT2D eigenvalue weighted by Crippen LogP contribution is 2.59. The summed E-state index contributed by atoms with van der Waals surface area (Å²) in [6.07, 6.45) is -11.0. The van der Waals surface area contributed by atoms with E-state index in [0.29, 0.717) is 0 Å². The normalized spacial score (nSPS) is 31.1. The monoisotopic (exact) mass is 1150 g/mol. The van der Waals surface area contributed by atoms with Crippen LogP contribution in [-0.4, -0.2) is 182 Å². The molecule has 0 bridgehead atoms. The number of rotatable bonds is 19. The lowest BCUT2D eigenvalue weighted by Crippen LogP contribution is -2.34. The SMILES string of the molecule is Nc1ncnc2c1ncn2[C@@H]1O[C@H](COP(O)(=S)OC(COP(=S)(S)OC[C@H]2O[C@@H](n3cnc4c(N)ncnc43)[C@H](O)[C@@H]2O)OP(=S)(S)OC[C@H]2O[C@@H](n3cnc4c(N)ncnc43)[C@H](O)[C@@H]2O)[C@@H](O)[C@H]1O. The molecule has 386 valence electrons. The van der Waals surface area contributed by atoms with Gasteiger partial charge in [0.05, 0.1) is 38.8 Å². The summed E-state index contributed by atoms with van der Waals surface area (Å²) in [4.78, 5) is 47.9. The number of nitrogens with zero attached hydrogens (tertiary/aromatic N) is 12.